The fraction of sp³-hybridized carbons (Fsp3) is 0.312. The van der Waals surface area contributed by atoms with Crippen molar-refractivity contribution in [2.45, 2.75) is 24.9 Å². The minimum absolute atomic E-state index is 0.148. The highest BCUT2D eigenvalue weighted by atomic mass is 16.4. The number of carboxylic acid groups (broad SMARTS) is 1. The number of aromatic nitrogens is 2. The molecule has 0 saturated carbocycles. The van der Waals surface area contributed by atoms with E-state index < -0.39 is 24.0 Å². The lowest BCUT2D eigenvalue weighted by Crippen LogP contribution is -2.51. The Labute approximate surface area is 134 Å². The van der Waals surface area contributed by atoms with Crippen LogP contribution in [0.1, 0.15) is 11.3 Å². The van der Waals surface area contributed by atoms with Crippen molar-refractivity contribution in [1.29, 1.82) is 0 Å². The van der Waals surface area contributed by atoms with Crippen molar-refractivity contribution in [3.63, 3.8) is 0 Å². The largest absolute Gasteiger partial charge is 0.480 e. The average Bonchev–Trinajstić information content (AvgIpc) is 3.05. The molecule has 0 bridgehead atoms. The number of nitrogens with zero attached hydrogens (tertiary/aromatic N) is 2. The SMILES string of the molecule is CN(C(=O)[C@@H](N)Cc1ccccc1)[C@@H](Cc1cnc[nH]1)C(=O)O. The smallest absolute Gasteiger partial charge is 0.326 e. The number of nitrogens with two attached hydrogens (primary N) is 1. The van der Waals surface area contributed by atoms with E-state index in [9.17, 15) is 14.7 Å². The van der Waals surface area contributed by atoms with Crippen molar-refractivity contribution < 1.29 is 14.7 Å². The van der Waals surface area contributed by atoms with Crippen LogP contribution in [0.3, 0.4) is 0 Å². The van der Waals surface area contributed by atoms with Crippen LogP contribution in [-0.4, -0.2) is 51.0 Å². The Morgan fingerprint density at radius 3 is 2.57 bits per heavy atom. The topological polar surface area (TPSA) is 112 Å². The maximum absolute atomic E-state index is 12.4. The molecule has 0 spiro atoms. The van der Waals surface area contributed by atoms with Gasteiger partial charge in [-0.2, -0.15) is 0 Å². The number of carbonyl (C=O) groups is 2. The van der Waals surface area contributed by atoms with Gasteiger partial charge in [0.25, 0.3) is 0 Å². The standard InChI is InChI=1S/C16H20N4O3/c1-20(14(16(22)23)8-12-9-18-10-19-12)15(21)13(17)7-11-5-3-2-4-6-11/h2-6,9-10,13-14H,7-8,17H2,1H3,(H,18,19)(H,22,23)/t13-,14-/m0/s1. The first-order chi connectivity index (χ1) is 11.0. The molecule has 23 heavy (non-hydrogen) atoms. The first kappa shape index (κ1) is 16.7. The summed E-state index contributed by atoms with van der Waals surface area (Å²) in [5, 5.41) is 9.39. The monoisotopic (exact) mass is 316 g/mol. The minimum Gasteiger partial charge on any atom is -0.480 e. The second kappa shape index (κ2) is 7.55. The first-order valence-corrected chi connectivity index (χ1v) is 7.25. The molecule has 0 unspecified atom stereocenters. The maximum atomic E-state index is 12.4. The van der Waals surface area contributed by atoms with Gasteiger partial charge in [0, 0.05) is 25.4 Å². The van der Waals surface area contributed by atoms with Gasteiger partial charge in [0.1, 0.15) is 6.04 Å². The zero-order valence-corrected chi connectivity index (χ0v) is 12.8. The normalized spacial score (nSPS) is 13.3. The lowest BCUT2D eigenvalue weighted by Gasteiger charge is -2.27. The number of nitrogens with one attached hydrogen (secondary N) is 1. The average molecular weight is 316 g/mol. The predicted molar refractivity (Wildman–Crippen MR) is 84.6 cm³/mol. The van der Waals surface area contributed by atoms with Crippen LogP contribution in [0.4, 0.5) is 0 Å². The third-order valence-corrected chi connectivity index (χ3v) is 3.68. The van der Waals surface area contributed by atoms with E-state index in [1.54, 1.807) is 0 Å². The van der Waals surface area contributed by atoms with Crippen LogP contribution in [-0.2, 0) is 22.4 Å². The minimum atomic E-state index is -1.08. The zero-order chi connectivity index (χ0) is 16.8. The molecule has 1 heterocycles. The van der Waals surface area contributed by atoms with Crippen LogP contribution in [0.15, 0.2) is 42.9 Å². The molecule has 2 atom stereocenters. The fourth-order valence-electron chi connectivity index (χ4n) is 2.37. The van der Waals surface area contributed by atoms with Crippen molar-refractivity contribution in [3.05, 3.63) is 54.1 Å². The summed E-state index contributed by atoms with van der Waals surface area (Å²) in [6.07, 6.45) is 3.52. The maximum Gasteiger partial charge on any atom is 0.326 e. The number of carboxylic acids is 1. The Morgan fingerprint density at radius 2 is 2.00 bits per heavy atom. The molecule has 0 aliphatic rings. The van der Waals surface area contributed by atoms with Crippen LogP contribution in [0, 0.1) is 0 Å². The van der Waals surface area contributed by atoms with E-state index in [0.29, 0.717) is 12.1 Å². The number of carbonyl (C=O) groups excluding carboxylic acids is 1. The quantitative estimate of drug-likeness (QED) is 0.686. The van der Waals surface area contributed by atoms with Gasteiger partial charge in [-0.15, -0.1) is 0 Å². The van der Waals surface area contributed by atoms with Crippen LogP contribution in [0.2, 0.25) is 0 Å². The molecular weight excluding hydrogens is 296 g/mol. The molecule has 2 aromatic rings. The molecule has 0 radical (unpaired) electrons. The number of likely N-dealkylation sites (N-methyl/N-ethyl adjacent to an activating group) is 1. The summed E-state index contributed by atoms with van der Waals surface area (Å²) in [5.74, 6) is -1.48. The molecule has 1 aromatic carbocycles. The third kappa shape index (κ3) is 4.40. The Balaban J connectivity index is 2.04. The van der Waals surface area contributed by atoms with Crippen LogP contribution in [0.5, 0.6) is 0 Å². The Bertz CT molecular complexity index is 643. The molecule has 122 valence electrons. The van der Waals surface area contributed by atoms with E-state index in [4.69, 9.17) is 5.73 Å². The summed E-state index contributed by atoms with van der Waals surface area (Å²) in [6, 6.07) is 7.60. The van der Waals surface area contributed by atoms with E-state index in [0.717, 1.165) is 5.56 Å². The number of aromatic amines is 1. The lowest BCUT2D eigenvalue weighted by molar-refractivity contribution is -0.149. The molecule has 0 fully saturated rings. The van der Waals surface area contributed by atoms with Gasteiger partial charge in [-0.3, -0.25) is 4.79 Å². The highest BCUT2D eigenvalue weighted by Gasteiger charge is 2.30. The van der Waals surface area contributed by atoms with Crippen molar-refractivity contribution in [1.82, 2.24) is 14.9 Å². The zero-order valence-electron chi connectivity index (χ0n) is 12.8. The molecule has 7 heteroatoms. The lowest BCUT2D eigenvalue weighted by atomic mass is 10.0. The van der Waals surface area contributed by atoms with E-state index in [1.807, 2.05) is 30.3 Å². The van der Waals surface area contributed by atoms with E-state index in [-0.39, 0.29) is 6.42 Å². The van der Waals surface area contributed by atoms with Crippen molar-refractivity contribution in [2.75, 3.05) is 7.05 Å². The summed E-state index contributed by atoms with van der Waals surface area (Å²) in [4.78, 5) is 31.8. The molecule has 4 N–H and O–H groups in total. The highest BCUT2D eigenvalue weighted by Crippen LogP contribution is 2.09. The summed E-state index contributed by atoms with van der Waals surface area (Å²) in [5.41, 5.74) is 7.54. The van der Waals surface area contributed by atoms with Gasteiger partial charge in [-0.25, -0.2) is 9.78 Å². The second-order valence-corrected chi connectivity index (χ2v) is 5.38. The number of amides is 1. The van der Waals surface area contributed by atoms with Gasteiger partial charge in [0.15, 0.2) is 0 Å². The number of aliphatic carboxylic acids is 1. The Morgan fingerprint density at radius 1 is 1.30 bits per heavy atom. The number of rotatable bonds is 7. The van der Waals surface area contributed by atoms with Gasteiger partial charge in [-0.05, 0) is 12.0 Å². The van der Waals surface area contributed by atoms with Gasteiger partial charge in [0.05, 0.1) is 12.4 Å². The third-order valence-electron chi connectivity index (χ3n) is 3.68. The predicted octanol–water partition coefficient (Wildman–Crippen LogP) is 0.434. The van der Waals surface area contributed by atoms with Crippen molar-refractivity contribution >= 4 is 11.9 Å². The van der Waals surface area contributed by atoms with Crippen molar-refractivity contribution in [3.8, 4) is 0 Å². The van der Waals surface area contributed by atoms with E-state index in [1.165, 1.54) is 24.5 Å². The molecule has 1 aromatic heterocycles. The number of benzene rings is 1. The molecule has 7 nitrogen and oxygen atoms in total. The Hall–Kier alpha value is -2.67. The second-order valence-electron chi connectivity index (χ2n) is 5.38. The molecule has 0 aliphatic heterocycles. The molecule has 1 amide bonds. The van der Waals surface area contributed by atoms with Gasteiger partial charge in [0.2, 0.25) is 5.91 Å². The number of H-pyrrole nitrogens is 1. The molecular formula is C16H20N4O3. The highest BCUT2D eigenvalue weighted by molar-refractivity contribution is 5.87. The summed E-state index contributed by atoms with van der Waals surface area (Å²) in [7, 11) is 1.46. The van der Waals surface area contributed by atoms with Crippen molar-refractivity contribution in [2.24, 2.45) is 5.73 Å². The molecule has 0 saturated heterocycles. The summed E-state index contributed by atoms with van der Waals surface area (Å²) >= 11 is 0. The number of hydrogen-bond donors (Lipinski definition) is 3. The van der Waals surface area contributed by atoms with Gasteiger partial charge in [-0.1, -0.05) is 30.3 Å². The molecule has 0 aliphatic carbocycles. The Kier molecular flexibility index (Phi) is 5.48. The van der Waals surface area contributed by atoms with E-state index in [2.05, 4.69) is 9.97 Å². The molecule has 2 rings (SSSR count). The summed E-state index contributed by atoms with van der Waals surface area (Å²) in [6.45, 7) is 0. The van der Waals surface area contributed by atoms with Crippen LogP contribution in [0.25, 0.3) is 0 Å². The van der Waals surface area contributed by atoms with Crippen LogP contribution < -0.4 is 5.73 Å². The van der Waals surface area contributed by atoms with Gasteiger partial charge >= 0.3 is 5.97 Å². The summed E-state index contributed by atoms with van der Waals surface area (Å²) < 4.78 is 0. The van der Waals surface area contributed by atoms with Crippen LogP contribution >= 0.6 is 0 Å². The number of hydrogen-bond acceptors (Lipinski definition) is 4. The van der Waals surface area contributed by atoms with Gasteiger partial charge < -0.3 is 20.7 Å². The fourth-order valence-corrected chi connectivity index (χ4v) is 2.37. The first-order valence-electron chi connectivity index (χ1n) is 7.25. The van der Waals surface area contributed by atoms with E-state index >= 15 is 0 Å². The number of imidazole rings is 1.